The molecule has 4 nitrogen and oxygen atoms in total. The number of benzene rings is 1. The molecule has 3 atom stereocenters. The predicted molar refractivity (Wildman–Crippen MR) is 108 cm³/mol. The third-order valence-electron chi connectivity index (χ3n) is 7.98. The molecule has 1 N–H and O–H groups in total. The molecule has 3 aliphatic carbocycles. The van der Waals surface area contributed by atoms with Gasteiger partial charge in [0.15, 0.2) is 0 Å². The van der Waals surface area contributed by atoms with Crippen molar-refractivity contribution in [1.29, 1.82) is 0 Å². The molecule has 152 valence electrons. The first kappa shape index (κ1) is 18.5. The number of esters is 1. The molecule has 1 saturated heterocycles. The van der Waals surface area contributed by atoms with Crippen LogP contribution in [0.2, 0.25) is 0 Å². The fourth-order valence-corrected chi connectivity index (χ4v) is 6.60. The first-order valence-corrected chi connectivity index (χ1v) is 11.4. The Morgan fingerprint density at radius 2 is 1.93 bits per heavy atom. The molecule has 2 saturated carbocycles. The van der Waals surface area contributed by atoms with Gasteiger partial charge in [-0.2, -0.15) is 0 Å². The van der Waals surface area contributed by atoms with Crippen molar-refractivity contribution < 1.29 is 14.3 Å². The van der Waals surface area contributed by atoms with E-state index in [2.05, 4.69) is 23.5 Å². The van der Waals surface area contributed by atoms with E-state index in [1.54, 1.807) is 0 Å². The Labute approximate surface area is 168 Å². The summed E-state index contributed by atoms with van der Waals surface area (Å²) in [4.78, 5) is 12.2. The summed E-state index contributed by atoms with van der Waals surface area (Å²) < 4.78 is 11.3. The molecule has 1 heterocycles. The highest BCUT2D eigenvalue weighted by Crippen LogP contribution is 2.54. The Morgan fingerprint density at radius 1 is 1.07 bits per heavy atom. The number of ether oxygens (including phenoxy) is 2. The molecule has 4 heteroatoms. The molecule has 1 aromatic rings. The van der Waals surface area contributed by atoms with E-state index in [1.165, 1.54) is 49.7 Å². The van der Waals surface area contributed by atoms with Gasteiger partial charge in [-0.15, -0.1) is 0 Å². The van der Waals surface area contributed by atoms with E-state index >= 15 is 0 Å². The Hall–Kier alpha value is -1.55. The van der Waals surface area contributed by atoms with Gasteiger partial charge in [-0.05, 0) is 74.2 Å². The molecule has 3 fully saturated rings. The van der Waals surface area contributed by atoms with E-state index in [9.17, 15) is 4.79 Å². The van der Waals surface area contributed by atoms with Crippen molar-refractivity contribution in [2.24, 2.45) is 11.8 Å². The van der Waals surface area contributed by atoms with Crippen LogP contribution in [0.3, 0.4) is 0 Å². The highest BCUT2D eigenvalue weighted by Gasteiger charge is 2.51. The van der Waals surface area contributed by atoms with Crippen LogP contribution < -0.4 is 10.1 Å². The number of hydrogen-bond acceptors (Lipinski definition) is 4. The Bertz CT molecular complexity index is 723. The summed E-state index contributed by atoms with van der Waals surface area (Å²) >= 11 is 0. The average molecular weight is 384 g/mol. The zero-order chi connectivity index (χ0) is 19.0. The van der Waals surface area contributed by atoms with Crippen LogP contribution in [0, 0.1) is 11.8 Å². The topological polar surface area (TPSA) is 47.6 Å². The van der Waals surface area contributed by atoms with Crippen LogP contribution in [0.4, 0.5) is 0 Å². The summed E-state index contributed by atoms with van der Waals surface area (Å²) in [6.45, 7) is 1.17. The number of carbonyl (C=O) groups excluding carboxylic acids is 1. The second-order valence-electron chi connectivity index (χ2n) is 9.40. The average Bonchev–Trinajstić information content (AvgIpc) is 2.74. The van der Waals surface area contributed by atoms with Gasteiger partial charge in [0.05, 0.1) is 5.92 Å². The molecule has 4 aliphatic rings. The first-order chi connectivity index (χ1) is 13.8. The van der Waals surface area contributed by atoms with Gasteiger partial charge in [0, 0.05) is 11.5 Å². The zero-order valence-corrected chi connectivity index (χ0v) is 16.9. The first-order valence-electron chi connectivity index (χ1n) is 11.4. The maximum atomic E-state index is 12.2. The highest BCUT2D eigenvalue weighted by atomic mass is 16.7. The van der Waals surface area contributed by atoms with Gasteiger partial charge in [-0.1, -0.05) is 38.2 Å². The van der Waals surface area contributed by atoms with Crippen LogP contribution in [-0.4, -0.2) is 25.3 Å². The molecular formula is C24H33NO3. The minimum Gasteiger partial charge on any atom is -0.457 e. The molecule has 2 bridgehead atoms. The van der Waals surface area contributed by atoms with Crippen LogP contribution in [0.15, 0.2) is 18.2 Å². The van der Waals surface area contributed by atoms with E-state index in [-0.39, 0.29) is 18.7 Å². The summed E-state index contributed by atoms with van der Waals surface area (Å²) in [5.74, 6) is 1.62. The van der Waals surface area contributed by atoms with Gasteiger partial charge in [-0.25, -0.2) is 0 Å². The molecule has 0 spiro atoms. The van der Waals surface area contributed by atoms with Crippen LogP contribution in [0.5, 0.6) is 5.75 Å². The van der Waals surface area contributed by atoms with Crippen molar-refractivity contribution in [2.75, 3.05) is 13.3 Å². The maximum absolute atomic E-state index is 12.2. The van der Waals surface area contributed by atoms with Gasteiger partial charge in [-0.3, -0.25) is 4.79 Å². The summed E-state index contributed by atoms with van der Waals surface area (Å²) in [5, 5.41) is 3.79. The largest absolute Gasteiger partial charge is 0.457 e. The standard InChI is InChI=1S/C24H33NO3/c26-23(17-6-2-1-3-7-17)28-16-27-19-10-9-18-14-22-20-8-4-5-11-24(20,12-13-25-22)21(18)15-19/h9-10,15,17,20,22,25H,1-8,11-14,16H2/t20-,22+,24+/m0/s1. The lowest BCUT2D eigenvalue weighted by Gasteiger charge is -2.56. The Kier molecular flexibility index (Phi) is 5.08. The van der Waals surface area contributed by atoms with E-state index in [0.717, 1.165) is 50.3 Å². The van der Waals surface area contributed by atoms with E-state index < -0.39 is 0 Å². The fraction of sp³-hybridized carbons (Fsp3) is 0.708. The summed E-state index contributed by atoms with van der Waals surface area (Å²) in [7, 11) is 0. The number of fused-ring (bicyclic) bond motifs is 1. The smallest absolute Gasteiger partial charge is 0.311 e. The van der Waals surface area contributed by atoms with Crippen LogP contribution in [0.25, 0.3) is 0 Å². The third kappa shape index (κ3) is 3.24. The molecule has 0 aromatic heterocycles. The number of nitrogens with one attached hydrogen (secondary N) is 1. The SMILES string of the molecule is O=C(OCOc1ccc2c(c1)[C@@]13CCCC[C@H]1[C@@H](C2)NCC3)C1CCCCC1. The molecule has 1 aliphatic heterocycles. The second kappa shape index (κ2) is 7.70. The number of piperidine rings is 1. The van der Waals surface area contributed by atoms with E-state index in [4.69, 9.17) is 9.47 Å². The second-order valence-corrected chi connectivity index (χ2v) is 9.40. The Balaban J connectivity index is 1.28. The lowest BCUT2D eigenvalue weighted by molar-refractivity contribution is -0.156. The zero-order valence-electron chi connectivity index (χ0n) is 16.9. The van der Waals surface area contributed by atoms with Gasteiger partial charge >= 0.3 is 5.97 Å². The van der Waals surface area contributed by atoms with Crippen molar-refractivity contribution in [3.63, 3.8) is 0 Å². The highest BCUT2D eigenvalue weighted by molar-refractivity contribution is 5.72. The lowest BCUT2D eigenvalue weighted by atomic mass is 9.53. The summed E-state index contributed by atoms with van der Waals surface area (Å²) in [5.41, 5.74) is 3.34. The molecule has 1 aromatic carbocycles. The molecule has 5 rings (SSSR count). The van der Waals surface area contributed by atoms with Gasteiger partial charge < -0.3 is 14.8 Å². The van der Waals surface area contributed by atoms with Crippen LogP contribution in [-0.2, 0) is 21.4 Å². The monoisotopic (exact) mass is 383 g/mol. The van der Waals surface area contributed by atoms with Crippen molar-refractivity contribution in [1.82, 2.24) is 5.32 Å². The van der Waals surface area contributed by atoms with Crippen LogP contribution >= 0.6 is 0 Å². The van der Waals surface area contributed by atoms with Crippen molar-refractivity contribution in [3.8, 4) is 5.75 Å². The van der Waals surface area contributed by atoms with Gasteiger partial charge in [0.25, 0.3) is 0 Å². The molecular weight excluding hydrogens is 350 g/mol. The molecule has 0 radical (unpaired) electrons. The van der Waals surface area contributed by atoms with Gasteiger partial charge in [0.2, 0.25) is 6.79 Å². The van der Waals surface area contributed by atoms with E-state index in [1.807, 2.05) is 0 Å². The predicted octanol–water partition coefficient (Wildman–Crippen LogP) is 4.49. The number of hydrogen-bond donors (Lipinski definition) is 1. The minimum atomic E-state index is -0.0789. The molecule has 0 amide bonds. The van der Waals surface area contributed by atoms with Crippen molar-refractivity contribution in [3.05, 3.63) is 29.3 Å². The van der Waals surface area contributed by atoms with Gasteiger partial charge in [0.1, 0.15) is 5.75 Å². The number of carbonyl (C=O) groups is 1. The summed E-state index contributed by atoms with van der Waals surface area (Å²) in [6, 6.07) is 7.22. The van der Waals surface area contributed by atoms with Crippen molar-refractivity contribution >= 4 is 5.97 Å². The lowest BCUT2D eigenvalue weighted by Crippen LogP contribution is -2.59. The van der Waals surface area contributed by atoms with Crippen molar-refractivity contribution in [2.45, 2.75) is 82.1 Å². The normalized spacial score (nSPS) is 32.1. The molecule has 0 unspecified atom stereocenters. The molecule has 28 heavy (non-hydrogen) atoms. The Morgan fingerprint density at radius 3 is 2.82 bits per heavy atom. The third-order valence-corrected chi connectivity index (χ3v) is 7.98. The number of rotatable bonds is 4. The van der Waals surface area contributed by atoms with Crippen LogP contribution in [0.1, 0.15) is 75.3 Å². The minimum absolute atomic E-state index is 0.0364. The quantitative estimate of drug-likeness (QED) is 0.615. The maximum Gasteiger partial charge on any atom is 0.311 e. The fourth-order valence-electron chi connectivity index (χ4n) is 6.60. The van der Waals surface area contributed by atoms with E-state index in [0.29, 0.717) is 11.5 Å². The summed E-state index contributed by atoms with van der Waals surface area (Å²) in [6.07, 6.45) is 13.2.